The Balaban J connectivity index is 2.12. The molecule has 7 heteroatoms. The van der Waals surface area contributed by atoms with Crippen molar-refractivity contribution in [2.75, 3.05) is 44.0 Å². The molecule has 2 aromatic carbocycles. The van der Waals surface area contributed by atoms with E-state index in [4.69, 9.17) is 16.3 Å². The predicted molar refractivity (Wildman–Crippen MR) is 114 cm³/mol. The third-order valence-electron chi connectivity index (χ3n) is 4.23. The summed E-state index contributed by atoms with van der Waals surface area (Å²) in [6.07, 6.45) is 0. The molecular formula is C21H26ClN3O3. The molecule has 1 N–H and O–H groups in total. The maximum atomic E-state index is 12.9. The van der Waals surface area contributed by atoms with Crippen LogP contribution in [0.15, 0.2) is 42.5 Å². The number of carbonyl (C=O) groups is 2. The molecule has 0 heterocycles. The van der Waals surface area contributed by atoms with Crippen molar-refractivity contribution in [3.8, 4) is 5.75 Å². The van der Waals surface area contributed by atoms with Gasteiger partial charge in [-0.3, -0.25) is 9.59 Å². The Morgan fingerprint density at radius 2 is 1.68 bits per heavy atom. The summed E-state index contributed by atoms with van der Waals surface area (Å²) < 4.78 is 5.45. The van der Waals surface area contributed by atoms with Crippen LogP contribution >= 0.6 is 11.6 Å². The lowest BCUT2D eigenvalue weighted by molar-refractivity contribution is -0.118. The largest absolute Gasteiger partial charge is 0.484 e. The number of carbonyl (C=O) groups excluding carboxylic acids is 2. The van der Waals surface area contributed by atoms with Crippen molar-refractivity contribution in [3.63, 3.8) is 0 Å². The SMILES string of the molecule is CCN(CC)C(=O)c1cc(NC(=O)COc2ccc(Cl)cc2)ccc1N(C)C. The molecule has 0 unspecified atom stereocenters. The van der Waals surface area contributed by atoms with Gasteiger partial charge in [-0.15, -0.1) is 0 Å². The van der Waals surface area contributed by atoms with E-state index >= 15 is 0 Å². The number of rotatable bonds is 8. The number of hydrogen-bond acceptors (Lipinski definition) is 4. The summed E-state index contributed by atoms with van der Waals surface area (Å²) in [5, 5.41) is 3.38. The van der Waals surface area contributed by atoms with Gasteiger partial charge in [-0.25, -0.2) is 0 Å². The highest BCUT2D eigenvalue weighted by atomic mass is 35.5. The fraction of sp³-hybridized carbons (Fsp3) is 0.333. The van der Waals surface area contributed by atoms with Gasteiger partial charge >= 0.3 is 0 Å². The van der Waals surface area contributed by atoms with Crippen molar-refractivity contribution in [2.45, 2.75) is 13.8 Å². The Hall–Kier alpha value is -2.73. The molecule has 0 saturated heterocycles. The number of hydrogen-bond donors (Lipinski definition) is 1. The Kier molecular flexibility index (Phi) is 7.70. The highest BCUT2D eigenvalue weighted by molar-refractivity contribution is 6.30. The molecule has 0 aliphatic rings. The lowest BCUT2D eigenvalue weighted by atomic mass is 10.1. The molecule has 150 valence electrons. The topological polar surface area (TPSA) is 61.9 Å². The van der Waals surface area contributed by atoms with Crippen molar-refractivity contribution < 1.29 is 14.3 Å². The molecule has 0 aromatic heterocycles. The average molecular weight is 404 g/mol. The first-order valence-corrected chi connectivity index (χ1v) is 9.52. The standard InChI is InChI=1S/C21H26ClN3O3/c1-5-25(6-2)21(27)18-13-16(9-12-19(18)24(3)4)23-20(26)14-28-17-10-7-15(22)8-11-17/h7-13H,5-6,14H2,1-4H3,(H,23,26). The first-order chi connectivity index (χ1) is 13.3. The minimum absolute atomic E-state index is 0.0674. The minimum Gasteiger partial charge on any atom is -0.484 e. The molecule has 0 fully saturated rings. The zero-order valence-corrected chi connectivity index (χ0v) is 17.4. The Labute approximate surface area is 171 Å². The zero-order valence-electron chi connectivity index (χ0n) is 16.7. The lowest BCUT2D eigenvalue weighted by Gasteiger charge is -2.23. The molecule has 2 aromatic rings. The molecule has 0 bridgehead atoms. The smallest absolute Gasteiger partial charge is 0.262 e. The third kappa shape index (κ3) is 5.63. The van der Waals surface area contributed by atoms with Crippen LogP contribution in [0.4, 0.5) is 11.4 Å². The molecule has 6 nitrogen and oxygen atoms in total. The molecule has 0 aliphatic heterocycles. The highest BCUT2D eigenvalue weighted by Gasteiger charge is 2.19. The predicted octanol–water partition coefficient (Wildman–Crippen LogP) is 3.91. The molecule has 0 radical (unpaired) electrons. The van der Waals surface area contributed by atoms with Gasteiger partial charge in [0.2, 0.25) is 0 Å². The second-order valence-corrected chi connectivity index (χ2v) is 6.83. The maximum Gasteiger partial charge on any atom is 0.262 e. The summed E-state index contributed by atoms with van der Waals surface area (Å²) >= 11 is 5.83. The number of amides is 2. The molecule has 0 saturated carbocycles. The van der Waals surface area contributed by atoms with Crippen LogP contribution in [-0.4, -0.2) is 50.5 Å². The van der Waals surface area contributed by atoms with Crippen LogP contribution in [0.25, 0.3) is 0 Å². The summed E-state index contributed by atoms with van der Waals surface area (Å²) in [5.74, 6) is 0.177. The van der Waals surface area contributed by atoms with E-state index in [1.54, 1.807) is 41.3 Å². The van der Waals surface area contributed by atoms with E-state index in [-0.39, 0.29) is 18.4 Å². The first kappa shape index (κ1) is 21.6. The van der Waals surface area contributed by atoms with E-state index in [0.717, 1.165) is 5.69 Å². The summed E-state index contributed by atoms with van der Waals surface area (Å²) in [6, 6.07) is 12.1. The van der Waals surface area contributed by atoms with Crippen LogP contribution in [0, 0.1) is 0 Å². The van der Waals surface area contributed by atoms with Gasteiger partial charge in [0, 0.05) is 43.6 Å². The number of nitrogens with one attached hydrogen (secondary N) is 1. The van der Waals surface area contributed by atoms with Crippen molar-refractivity contribution >= 4 is 34.8 Å². The average Bonchev–Trinajstić information content (AvgIpc) is 2.68. The molecule has 2 rings (SSSR count). The van der Waals surface area contributed by atoms with E-state index in [1.165, 1.54) is 0 Å². The van der Waals surface area contributed by atoms with Crippen molar-refractivity contribution in [2.24, 2.45) is 0 Å². The Bertz CT molecular complexity index is 818. The van der Waals surface area contributed by atoms with Gasteiger partial charge < -0.3 is 19.9 Å². The van der Waals surface area contributed by atoms with Crippen LogP contribution in [0.5, 0.6) is 5.75 Å². The van der Waals surface area contributed by atoms with Crippen molar-refractivity contribution in [1.29, 1.82) is 0 Å². The monoisotopic (exact) mass is 403 g/mol. The molecule has 2 amide bonds. The molecular weight excluding hydrogens is 378 g/mol. The number of ether oxygens (including phenoxy) is 1. The quantitative estimate of drug-likeness (QED) is 0.726. The number of benzene rings is 2. The second kappa shape index (κ2) is 9.99. The zero-order chi connectivity index (χ0) is 20.7. The second-order valence-electron chi connectivity index (χ2n) is 6.39. The summed E-state index contributed by atoms with van der Waals surface area (Å²) in [6.45, 7) is 4.98. The first-order valence-electron chi connectivity index (χ1n) is 9.14. The number of anilines is 2. The highest BCUT2D eigenvalue weighted by Crippen LogP contribution is 2.24. The van der Waals surface area contributed by atoms with Gasteiger partial charge in [-0.05, 0) is 56.3 Å². The lowest BCUT2D eigenvalue weighted by Crippen LogP contribution is -2.32. The van der Waals surface area contributed by atoms with Crippen molar-refractivity contribution in [1.82, 2.24) is 4.90 Å². The molecule has 0 atom stereocenters. The molecule has 28 heavy (non-hydrogen) atoms. The van der Waals surface area contributed by atoms with Crippen LogP contribution in [0.1, 0.15) is 24.2 Å². The van der Waals surface area contributed by atoms with Crippen molar-refractivity contribution in [3.05, 3.63) is 53.1 Å². The van der Waals surface area contributed by atoms with E-state index in [1.807, 2.05) is 38.9 Å². The number of nitrogens with zero attached hydrogens (tertiary/aromatic N) is 2. The summed E-state index contributed by atoms with van der Waals surface area (Å²) in [4.78, 5) is 28.7. The Morgan fingerprint density at radius 3 is 2.25 bits per heavy atom. The van der Waals surface area contributed by atoms with Crippen LogP contribution < -0.4 is 15.0 Å². The maximum absolute atomic E-state index is 12.9. The van der Waals surface area contributed by atoms with Gasteiger partial charge in [0.15, 0.2) is 6.61 Å². The summed E-state index contributed by atoms with van der Waals surface area (Å²) in [5.41, 5.74) is 1.89. The van der Waals surface area contributed by atoms with Gasteiger partial charge in [0.1, 0.15) is 5.75 Å². The van der Waals surface area contributed by atoms with Gasteiger partial charge in [0.25, 0.3) is 11.8 Å². The van der Waals surface area contributed by atoms with E-state index in [9.17, 15) is 9.59 Å². The van der Waals surface area contributed by atoms with E-state index < -0.39 is 0 Å². The summed E-state index contributed by atoms with van der Waals surface area (Å²) in [7, 11) is 3.76. The van der Waals surface area contributed by atoms with Crippen LogP contribution in [0.2, 0.25) is 5.02 Å². The molecule has 0 spiro atoms. The number of halogens is 1. The molecule has 0 aliphatic carbocycles. The van der Waals surface area contributed by atoms with E-state index in [2.05, 4.69) is 5.32 Å². The third-order valence-corrected chi connectivity index (χ3v) is 4.48. The van der Waals surface area contributed by atoms with Crippen LogP contribution in [0.3, 0.4) is 0 Å². The van der Waals surface area contributed by atoms with Gasteiger partial charge in [-0.2, -0.15) is 0 Å². The minimum atomic E-state index is -0.311. The normalized spacial score (nSPS) is 10.3. The fourth-order valence-corrected chi connectivity index (χ4v) is 2.86. The fourth-order valence-electron chi connectivity index (χ4n) is 2.73. The van der Waals surface area contributed by atoms with Gasteiger partial charge in [-0.1, -0.05) is 11.6 Å². The van der Waals surface area contributed by atoms with Gasteiger partial charge in [0.05, 0.1) is 5.56 Å². The van der Waals surface area contributed by atoms with E-state index in [0.29, 0.717) is 35.1 Å². The Morgan fingerprint density at radius 1 is 1.04 bits per heavy atom. The van der Waals surface area contributed by atoms with Crippen LogP contribution in [-0.2, 0) is 4.79 Å².